The van der Waals surface area contributed by atoms with Crippen LogP contribution in [0.4, 0.5) is 0 Å². The smallest absolute Gasteiger partial charge is 0.393 e. The summed E-state index contributed by atoms with van der Waals surface area (Å²) in [6, 6.07) is 9.67. The van der Waals surface area contributed by atoms with Crippen LogP contribution in [0.25, 0.3) is 0 Å². The monoisotopic (exact) mass is 471 g/mol. The van der Waals surface area contributed by atoms with E-state index in [4.69, 9.17) is 18.5 Å². The number of hydrogen-bond acceptors (Lipinski definition) is 6. The van der Waals surface area contributed by atoms with Crippen LogP contribution in [0.2, 0.25) is 0 Å². The average Bonchev–Trinajstić information content (AvgIpc) is 3.24. The first-order valence-corrected chi connectivity index (χ1v) is 13.8. The van der Waals surface area contributed by atoms with Gasteiger partial charge in [-0.1, -0.05) is 95.0 Å². The van der Waals surface area contributed by atoms with Crippen LogP contribution in [0.15, 0.2) is 30.3 Å². The minimum atomic E-state index is -3.44. The van der Waals surface area contributed by atoms with Crippen molar-refractivity contribution >= 4 is 7.75 Å². The van der Waals surface area contributed by atoms with Crippen molar-refractivity contribution in [1.29, 1.82) is 0 Å². The summed E-state index contributed by atoms with van der Waals surface area (Å²) in [5.74, 6) is 0. The number of aliphatic hydroxyl groups is 1. The fraction of sp³-hybridized carbons (Fsp3) is 0.750. The summed E-state index contributed by atoms with van der Waals surface area (Å²) in [6.07, 6.45) is 10.6. The standard InChI is InChI=1S/C24H42NO6P/c1-2-3-4-5-6-7-8-9-10-14-18-28-24(31-32(27)25-17-19-30-32)23(20-26)29-21-22-15-12-11-13-16-22/h11-13,15-16,23-24,26H,2-10,14,17-21H2,1H3,(H,25,27). The van der Waals surface area contributed by atoms with Gasteiger partial charge in [0.1, 0.15) is 6.10 Å². The molecule has 0 aliphatic carbocycles. The molecule has 1 aliphatic heterocycles. The second kappa shape index (κ2) is 16.8. The molecule has 2 rings (SSSR count). The first kappa shape index (κ1) is 27.5. The van der Waals surface area contributed by atoms with Crippen LogP contribution in [-0.2, 0) is 29.7 Å². The average molecular weight is 472 g/mol. The molecule has 1 aliphatic rings. The van der Waals surface area contributed by atoms with E-state index in [0.717, 1.165) is 18.4 Å². The number of nitrogens with one attached hydrogen (secondary N) is 1. The van der Waals surface area contributed by atoms with Crippen LogP contribution in [0.3, 0.4) is 0 Å². The molecule has 0 bridgehead atoms. The van der Waals surface area contributed by atoms with E-state index in [1.807, 2.05) is 30.3 Å². The summed E-state index contributed by atoms with van der Waals surface area (Å²) in [6.45, 7) is 3.45. The summed E-state index contributed by atoms with van der Waals surface area (Å²) < 4.78 is 35.3. The van der Waals surface area contributed by atoms with Crippen LogP contribution < -0.4 is 5.09 Å². The molecule has 184 valence electrons. The van der Waals surface area contributed by atoms with Gasteiger partial charge in [-0.25, -0.2) is 9.65 Å². The molecule has 3 unspecified atom stereocenters. The maximum Gasteiger partial charge on any atom is 0.408 e. The molecule has 8 heteroatoms. The van der Waals surface area contributed by atoms with E-state index in [0.29, 0.717) is 26.4 Å². The fourth-order valence-corrected chi connectivity index (χ4v) is 4.98. The molecule has 1 aromatic carbocycles. The molecule has 1 heterocycles. The minimum Gasteiger partial charge on any atom is -0.393 e. The Morgan fingerprint density at radius 3 is 2.25 bits per heavy atom. The highest BCUT2D eigenvalue weighted by Gasteiger charge is 2.37. The number of benzene rings is 1. The molecule has 7 nitrogen and oxygen atoms in total. The Hall–Kier alpha value is -0.790. The third kappa shape index (κ3) is 11.4. The zero-order valence-corrected chi connectivity index (χ0v) is 20.5. The van der Waals surface area contributed by atoms with Gasteiger partial charge in [-0.05, 0) is 12.0 Å². The lowest BCUT2D eigenvalue weighted by molar-refractivity contribution is -0.181. The van der Waals surface area contributed by atoms with Crippen molar-refractivity contribution in [3.63, 3.8) is 0 Å². The van der Waals surface area contributed by atoms with Gasteiger partial charge in [-0.3, -0.25) is 9.05 Å². The summed E-state index contributed by atoms with van der Waals surface area (Å²) >= 11 is 0. The van der Waals surface area contributed by atoms with E-state index in [1.54, 1.807) is 0 Å². The molecule has 32 heavy (non-hydrogen) atoms. The van der Waals surface area contributed by atoms with Crippen LogP contribution in [0, 0.1) is 0 Å². The second-order valence-electron chi connectivity index (χ2n) is 8.28. The van der Waals surface area contributed by atoms with Gasteiger partial charge >= 0.3 is 7.75 Å². The molecule has 1 aromatic rings. The molecule has 0 radical (unpaired) electrons. The molecule has 1 saturated heterocycles. The van der Waals surface area contributed by atoms with Gasteiger partial charge in [0.15, 0.2) is 6.29 Å². The molecule has 0 saturated carbocycles. The summed E-state index contributed by atoms with van der Waals surface area (Å²) in [5, 5.41) is 12.6. The first-order valence-electron chi connectivity index (χ1n) is 12.2. The van der Waals surface area contributed by atoms with Gasteiger partial charge in [-0.2, -0.15) is 0 Å². The number of aliphatic hydroxyl groups excluding tert-OH is 1. The van der Waals surface area contributed by atoms with Gasteiger partial charge in [0.25, 0.3) is 0 Å². The summed E-state index contributed by atoms with van der Waals surface area (Å²) in [4.78, 5) is 0. The first-order chi connectivity index (χ1) is 15.7. The highest BCUT2D eigenvalue weighted by Crippen LogP contribution is 2.48. The van der Waals surface area contributed by atoms with Crippen molar-refractivity contribution in [2.24, 2.45) is 0 Å². The lowest BCUT2D eigenvalue weighted by atomic mass is 10.1. The number of rotatable bonds is 19. The van der Waals surface area contributed by atoms with Crippen LogP contribution in [0.5, 0.6) is 0 Å². The minimum absolute atomic E-state index is 0.298. The Kier molecular flexibility index (Phi) is 14.4. The third-order valence-corrected chi connectivity index (χ3v) is 7.10. The van der Waals surface area contributed by atoms with Crippen LogP contribution >= 0.6 is 7.75 Å². The van der Waals surface area contributed by atoms with Crippen molar-refractivity contribution in [1.82, 2.24) is 5.09 Å². The second-order valence-corrected chi connectivity index (χ2v) is 10.1. The Bertz CT molecular complexity index is 622. The molecule has 0 aromatic heterocycles. The Labute approximate surface area is 193 Å². The Morgan fingerprint density at radius 2 is 1.66 bits per heavy atom. The SMILES string of the molecule is CCCCCCCCCCCCOC(OP1(=O)NCCO1)C(CO)OCc1ccccc1. The third-order valence-electron chi connectivity index (χ3n) is 5.48. The summed E-state index contributed by atoms with van der Waals surface area (Å²) in [7, 11) is -3.44. The van der Waals surface area contributed by atoms with Crippen molar-refractivity contribution < 1.29 is 28.2 Å². The van der Waals surface area contributed by atoms with Gasteiger partial charge in [0.05, 0.1) is 19.8 Å². The van der Waals surface area contributed by atoms with Gasteiger partial charge in [0, 0.05) is 13.2 Å². The normalized spacial score (nSPS) is 20.4. The lowest BCUT2D eigenvalue weighted by Crippen LogP contribution is -2.37. The number of ether oxygens (including phenoxy) is 2. The van der Waals surface area contributed by atoms with Gasteiger partial charge in [-0.15, -0.1) is 0 Å². The predicted octanol–water partition coefficient (Wildman–Crippen LogP) is 5.57. The highest BCUT2D eigenvalue weighted by molar-refractivity contribution is 7.51. The highest BCUT2D eigenvalue weighted by atomic mass is 31.2. The van der Waals surface area contributed by atoms with Crippen molar-refractivity contribution in [2.75, 3.05) is 26.4 Å². The lowest BCUT2D eigenvalue weighted by Gasteiger charge is -2.27. The molecular weight excluding hydrogens is 429 g/mol. The van der Waals surface area contributed by atoms with Crippen molar-refractivity contribution in [2.45, 2.75) is 90.1 Å². The molecule has 1 fully saturated rings. The molecule has 3 atom stereocenters. The molecule has 2 N–H and O–H groups in total. The number of hydrogen-bond donors (Lipinski definition) is 2. The van der Waals surface area contributed by atoms with E-state index in [-0.39, 0.29) is 6.61 Å². The Balaban J connectivity index is 1.72. The topological polar surface area (TPSA) is 86.3 Å². The largest absolute Gasteiger partial charge is 0.408 e. The van der Waals surface area contributed by atoms with Gasteiger partial charge in [0.2, 0.25) is 0 Å². The van der Waals surface area contributed by atoms with Crippen molar-refractivity contribution in [3.05, 3.63) is 35.9 Å². The van der Waals surface area contributed by atoms with E-state index >= 15 is 0 Å². The predicted molar refractivity (Wildman–Crippen MR) is 126 cm³/mol. The van der Waals surface area contributed by atoms with E-state index < -0.39 is 20.1 Å². The molecule has 0 amide bonds. The van der Waals surface area contributed by atoms with E-state index in [1.165, 1.54) is 51.4 Å². The zero-order valence-electron chi connectivity index (χ0n) is 19.6. The molecular formula is C24H42NO6P. The summed E-state index contributed by atoms with van der Waals surface area (Å²) in [5.41, 5.74) is 0.973. The van der Waals surface area contributed by atoms with E-state index in [9.17, 15) is 9.67 Å². The quantitative estimate of drug-likeness (QED) is 0.155. The van der Waals surface area contributed by atoms with Gasteiger partial charge < -0.3 is 14.6 Å². The maximum atomic E-state index is 12.6. The zero-order chi connectivity index (χ0) is 22.9. The van der Waals surface area contributed by atoms with Crippen LogP contribution in [0.1, 0.15) is 76.7 Å². The fourth-order valence-electron chi connectivity index (χ4n) is 3.59. The van der Waals surface area contributed by atoms with Crippen LogP contribution in [-0.4, -0.2) is 43.9 Å². The van der Waals surface area contributed by atoms with E-state index in [2.05, 4.69) is 12.0 Å². The Morgan fingerprint density at radius 1 is 1.00 bits per heavy atom. The molecule has 0 spiro atoms. The number of unbranched alkanes of at least 4 members (excludes halogenated alkanes) is 9. The maximum absolute atomic E-state index is 12.6. The van der Waals surface area contributed by atoms with Crippen molar-refractivity contribution in [3.8, 4) is 0 Å².